The van der Waals surface area contributed by atoms with Crippen LogP contribution < -0.4 is 5.32 Å². The highest BCUT2D eigenvalue weighted by Crippen LogP contribution is 2.34. The lowest BCUT2D eigenvalue weighted by atomic mass is 9.78. The van der Waals surface area contributed by atoms with Gasteiger partial charge in [0.15, 0.2) is 0 Å². The number of rotatable bonds is 6. The lowest BCUT2D eigenvalue weighted by Crippen LogP contribution is -2.52. The molecule has 0 heterocycles. The van der Waals surface area contributed by atoms with E-state index in [2.05, 4.69) is 5.32 Å². The second-order valence-electron chi connectivity index (χ2n) is 5.43. The van der Waals surface area contributed by atoms with Gasteiger partial charge in [0.25, 0.3) is 0 Å². The van der Waals surface area contributed by atoms with Gasteiger partial charge in [-0.1, -0.05) is 31.2 Å². The highest BCUT2D eigenvalue weighted by molar-refractivity contribution is 5.40. The van der Waals surface area contributed by atoms with Crippen molar-refractivity contribution in [3.05, 3.63) is 71.3 Å². The summed E-state index contributed by atoms with van der Waals surface area (Å²) in [5.41, 5.74) is 0.0864. The summed E-state index contributed by atoms with van der Waals surface area (Å²) in [5.74, 6) is -0.783. The van der Waals surface area contributed by atoms with Crippen molar-refractivity contribution < 1.29 is 13.9 Å². The summed E-state index contributed by atoms with van der Waals surface area (Å²) in [5, 5.41) is 13.8. The Bertz CT molecular complexity index is 582. The predicted octanol–water partition coefficient (Wildman–Crippen LogP) is 3.59. The molecule has 0 saturated heterocycles. The lowest BCUT2D eigenvalue weighted by Gasteiger charge is -2.39. The summed E-state index contributed by atoms with van der Waals surface area (Å²) < 4.78 is 27.4. The van der Waals surface area contributed by atoms with Gasteiger partial charge in [-0.15, -0.1) is 0 Å². The Labute approximate surface area is 129 Å². The number of aliphatic hydroxyl groups excluding tert-OH is 1. The van der Waals surface area contributed by atoms with Gasteiger partial charge in [0, 0.05) is 0 Å². The topological polar surface area (TPSA) is 32.3 Å². The van der Waals surface area contributed by atoms with Crippen LogP contribution in [-0.2, 0) is 5.54 Å². The summed E-state index contributed by atoms with van der Waals surface area (Å²) in [6.45, 7) is 4.23. The average molecular weight is 305 g/mol. The first-order chi connectivity index (χ1) is 10.5. The van der Waals surface area contributed by atoms with Crippen LogP contribution in [0, 0.1) is 11.6 Å². The zero-order valence-corrected chi connectivity index (χ0v) is 12.8. The first-order valence-corrected chi connectivity index (χ1v) is 7.46. The second-order valence-corrected chi connectivity index (χ2v) is 5.43. The molecule has 0 spiro atoms. The Hall–Kier alpha value is -1.78. The molecule has 0 aromatic heterocycles. The third-order valence-corrected chi connectivity index (χ3v) is 3.84. The molecule has 0 saturated carbocycles. The maximum atomic E-state index is 13.7. The van der Waals surface area contributed by atoms with Gasteiger partial charge in [0.2, 0.25) is 0 Å². The zero-order valence-electron chi connectivity index (χ0n) is 12.8. The van der Waals surface area contributed by atoms with Crippen LogP contribution in [0.3, 0.4) is 0 Å². The van der Waals surface area contributed by atoms with Gasteiger partial charge in [-0.05, 0) is 55.3 Å². The first kappa shape index (κ1) is 16.6. The number of halogens is 2. The highest BCUT2D eigenvalue weighted by atomic mass is 19.1. The van der Waals surface area contributed by atoms with Gasteiger partial charge >= 0.3 is 0 Å². The van der Waals surface area contributed by atoms with Crippen molar-refractivity contribution in [2.45, 2.75) is 31.9 Å². The van der Waals surface area contributed by atoms with Crippen molar-refractivity contribution in [1.29, 1.82) is 0 Å². The van der Waals surface area contributed by atoms with Crippen LogP contribution in [-0.4, -0.2) is 17.8 Å². The van der Waals surface area contributed by atoms with E-state index in [1.54, 1.807) is 31.2 Å². The first-order valence-electron chi connectivity index (χ1n) is 7.46. The maximum Gasteiger partial charge on any atom is 0.123 e. The largest absolute Gasteiger partial charge is 0.391 e. The van der Waals surface area contributed by atoms with E-state index in [9.17, 15) is 13.9 Å². The van der Waals surface area contributed by atoms with E-state index in [0.717, 1.165) is 6.42 Å². The molecule has 1 atom stereocenters. The minimum Gasteiger partial charge on any atom is -0.391 e. The van der Waals surface area contributed by atoms with Crippen molar-refractivity contribution in [3.63, 3.8) is 0 Å². The van der Waals surface area contributed by atoms with E-state index < -0.39 is 23.3 Å². The molecule has 0 fully saturated rings. The quantitative estimate of drug-likeness (QED) is 0.855. The molecule has 2 rings (SSSR count). The summed E-state index contributed by atoms with van der Waals surface area (Å²) >= 11 is 0. The van der Waals surface area contributed by atoms with Crippen LogP contribution in [0.1, 0.15) is 31.4 Å². The third kappa shape index (κ3) is 3.18. The van der Waals surface area contributed by atoms with E-state index in [1.165, 1.54) is 24.3 Å². The number of hydrogen-bond acceptors (Lipinski definition) is 2. The summed E-state index contributed by atoms with van der Waals surface area (Å²) in [4.78, 5) is 0. The summed E-state index contributed by atoms with van der Waals surface area (Å²) in [6, 6.07) is 12.1. The fraction of sp³-hybridized carbons (Fsp3) is 0.333. The minimum atomic E-state index is -1.06. The van der Waals surface area contributed by atoms with Gasteiger partial charge < -0.3 is 10.4 Å². The molecule has 0 amide bonds. The van der Waals surface area contributed by atoms with Gasteiger partial charge in [-0.25, -0.2) is 8.78 Å². The van der Waals surface area contributed by atoms with Gasteiger partial charge in [0.05, 0.1) is 11.6 Å². The van der Waals surface area contributed by atoms with E-state index in [-0.39, 0.29) is 0 Å². The molecule has 0 aliphatic heterocycles. The molecule has 2 aromatic rings. The molecule has 0 bridgehead atoms. The standard InChI is InChI=1S/C18H21F2NO/c1-3-10-21-18(13(2)22,14-6-4-8-16(19)11-14)15-7-5-9-17(20)12-15/h4-9,11-13,21-22H,3,10H2,1-2H3. The van der Waals surface area contributed by atoms with Crippen LogP contribution >= 0.6 is 0 Å². The van der Waals surface area contributed by atoms with Gasteiger partial charge in [0.1, 0.15) is 11.6 Å². The number of aliphatic hydroxyl groups is 1. The van der Waals surface area contributed by atoms with Crippen molar-refractivity contribution >= 4 is 0 Å². The number of hydrogen-bond donors (Lipinski definition) is 2. The molecule has 2 N–H and O–H groups in total. The Morgan fingerprint density at radius 2 is 1.55 bits per heavy atom. The van der Waals surface area contributed by atoms with Crippen molar-refractivity contribution in [2.75, 3.05) is 6.54 Å². The number of benzene rings is 2. The van der Waals surface area contributed by atoms with Crippen LogP contribution in [0.2, 0.25) is 0 Å². The Balaban J connectivity index is 2.65. The van der Waals surface area contributed by atoms with Gasteiger partial charge in [-0.2, -0.15) is 0 Å². The van der Waals surface area contributed by atoms with Crippen LogP contribution in [0.15, 0.2) is 48.5 Å². The molecule has 0 aliphatic carbocycles. The van der Waals surface area contributed by atoms with Crippen LogP contribution in [0.25, 0.3) is 0 Å². The predicted molar refractivity (Wildman–Crippen MR) is 83.6 cm³/mol. The Kier molecular flexibility index (Phi) is 5.27. The molecule has 2 aromatic carbocycles. The second kappa shape index (κ2) is 6.99. The zero-order chi connectivity index (χ0) is 16.2. The minimum absolute atomic E-state index is 0.391. The monoisotopic (exact) mass is 305 g/mol. The molecule has 22 heavy (non-hydrogen) atoms. The molecule has 4 heteroatoms. The fourth-order valence-electron chi connectivity index (χ4n) is 2.79. The normalized spacial score (nSPS) is 13.1. The SMILES string of the molecule is CCCNC(c1cccc(F)c1)(c1cccc(F)c1)C(C)O. The van der Waals surface area contributed by atoms with E-state index in [4.69, 9.17) is 0 Å². The van der Waals surface area contributed by atoms with E-state index >= 15 is 0 Å². The van der Waals surface area contributed by atoms with Crippen molar-refractivity contribution in [1.82, 2.24) is 5.32 Å². The molecule has 0 radical (unpaired) electrons. The molecular formula is C18H21F2NO. The molecule has 118 valence electrons. The van der Waals surface area contributed by atoms with Crippen LogP contribution in [0.4, 0.5) is 8.78 Å². The Morgan fingerprint density at radius 1 is 1.05 bits per heavy atom. The van der Waals surface area contributed by atoms with E-state index in [1.807, 2.05) is 6.92 Å². The average Bonchev–Trinajstić information content (AvgIpc) is 2.48. The Morgan fingerprint density at radius 3 is 1.91 bits per heavy atom. The summed E-state index contributed by atoms with van der Waals surface area (Å²) in [7, 11) is 0. The van der Waals surface area contributed by atoms with Crippen molar-refractivity contribution in [3.8, 4) is 0 Å². The smallest absolute Gasteiger partial charge is 0.123 e. The fourth-order valence-corrected chi connectivity index (χ4v) is 2.79. The van der Waals surface area contributed by atoms with Crippen LogP contribution in [0.5, 0.6) is 0 Å². The molecule has 0 aliphatic rings. The van der Waals surface area contributed by atoms with Gasteiger partial charge in [-0.3, -0.25) is 0 Å². The lowest BCUT2D eigenvalue weighted by molar-refractivity contribution is 0.0973. The summed E-state index contributed by atoms with van der Waals surface area (Å²) in [6.07, 6.45) is -0.0401. The highest BCUT2D eigenvalue weighted by Gasteiger charge is 2.39. The molecule has 2 nitrogen and oxygen atoms in total. The molecule has 1 unspecified atom stereocenters. The third-order valence-electron chi connectivity index (χ3n) is 3.84. The number of nitrogens with one attached hydrogen (secondary N) is 1. The van der Waals surface area contributed by atoms with E-state index in [0.29, 0.717) is 17.7 Å². The molecular weight excluding hydrogens is 284 g/mol. The maximum absolute atomic E-state index is 13.7. The van der Waals surface area contributed by atoms with Crippen molar-refractivity contribution in [2.24, 2.45) is 0 Å².